The van der Waals surface area contributed by atoms with Crippen LogP contribution in [0.15, 0.2) is 17.3 Å². The van der Waals surface area contributed by atoms with Gasteiger partial charge in [0.2, 0.25) is 0 Å². The largest absolute Gasteiger partial charge is 0.245 e. The van der Waals surface area contributed by atoms with Crippen molar-refractivity contribution in [3.8, 4) is 0 Å². The van der Waals surface area contributed by atoms with E-state index in [1.54, 1.807) is 11.8 Å². The average molecular weight is 246 g/mol. The number of pyridine rings is 1. The van der Waals surface area contributed by atoms with Gasteiger partial charge in [0.25, 0.3) is 0 Å². The van der Waals surface area contributed by atoms with Gasteiger partial charge >= 0.3 is 0 Å². The van der Waals surface area contributed by atoms with Crippen LogP contribution in [0.25, 0.3) is 0 Å². The smallest absolute Gasteiger partial charge is 0.156 e. The molecule has 0 saturated heterocycles. The molecule has 0 amide bonds. The van der Waals surface area contributed by atoms with E-state index < -0.39 is 0 Å². The molecular formula is C11H13ClFNS. The molecule has 1 fully saturated rings. The highest BCUT2D eigenvalue weighted by molar-refractivity contribution is 7.99. The number of thioether (sulfide) groups is 1. The van der Waals surface area contributed by atoms with Gasteiger partial charge < -0.3 is 0 Å². The topological polar surface area (TPSA) is 12.9 Å². The highest BCUT2D eigenvalue weighted by atomic mass is 35.5. The van der Waals surface area contributed by atoms with Crippen LogP contribution in [0.2, 0.25) is 5.02 Å². The fourth-order valence-electron chi connectivity index (χ4n) is 1.83. The maximum absolute atomic E-state index is 13.4. The van der Waals surface area contributed by atoms with E-state index in [4.69, 9.17) is 11.6 Å². The molecule has 0 atom stereocenters. The normalized spacial score (nSPS) is 18.0. The summed E-state index contributed by atoms with van der Waals surface area (Å²) in [6.07, 6.45) is 7.69. The first-order valence-electron chi connectivity index (χ1n) is 5.23. The summed E-state index contributed by atoms with van der Waals surface area (Å²) in [5, 5.41) is 1.38. The van der Waals surface area contributed by atoms with E-state index in [-0.39, 0.29) is 5.82 Å². The molecule has 0 unspecified atom stereocenters. The number of rotatable bonds is 2. The van der Waals surface area contributed by atoms with Gasteiger partial charge in [0.15, 0.2) is 5.82 Å². The molecule has 1 aliphatic carbocycles. The molecule has 1 aromatic heterocycles. The summed E-state index contributed by atoms with van der Waals surface area (Å²) in [4.78, 5) is 4.03. The molecule has 0 spiro atoms. The Bertz CT molecular complexity index is 339. The predicted octanol–water partition coefficient (Wildman–Crippen LogP) is 4.30. The summed E-state index contributed by atoms with van der Waals surface area (Å²) in [7, 11) is 0. The Morgan fingerprint density at radius 3 is 2.73 bits per heavy atom. The maximum Gasteiger partial charge on any atom is 0.156 e. The zero-order valence-electron chi connectivity index (χ0n) is 8.38. The zero-order chi connectivity index (χ0) is 10.7. The molecule has 1 aliphatic rings. The van der Waals surface area contributed by atoms with Crippen LogP contribution in [0.1, 0.15) is 32.1 Å². The molecule has 0 radical (unpaired) electrons. The van der Waals surface area contributed by atoms with E-state index in [1.807, 2.05) is 0 Å². The Morgan fingerprint density at radius 1 is 1.33 bits per heavy atom. The first kappa shape index (κ1) is 11.2. The lowest BCUT2D eigenvalue weighted by atomic mass is 10.0. The fraction of sp³-hybridized carbons (Fsp3) is 0.545. The van der Waals surface area contributed by atoms with E-state index in [0.29, 0.717) is 15.3 Å². The molecule has 1 saturated carbocycles. The quantitative estimate of drug-likeness (QED) is 0.771. The standard InChI is InChI=1S/C11H13ClFNS/c12-8-6-10(13)11(14-7-8)15-9-4-2-1-3-5-9/h6-7,9H,1-5H2. The van der Waals surface area contributed by atoms with Crippen molar-refractivity contribution in [1.29, 1.82) is 0 Å². The Hall–Kier alpha value is -0.280. The molecule has 0 N–H and O–H groups in total. The molecule has 4 heteroatoms. The van der Waals surface area contributed by atoms with Crippen molar-refractivity contribution >= 4 is 23.4 Å². The third kappa shape index (κ3) is 3.08. The number of aromatic nitrogens is 1. The van der Waals surface area contributed by atoms with Crippen molar-refractivity contribution in [2.75, 3.05) is 0 Å². The maximum atomic E-state index is 13.4. The van der Waals surface area contributed by atoms with E-state index in [2.05, 4.69) is 4.98 Å². The lowest BCUT2D eigenvalue weighted by Crippen LogP contribution is -2.08. The Kier molecular flexibility index (Phi) is 3.87. The molecule has 2 rings (SSSR count). The molecule has 0 aromatic carbocycles. The highest BCUT2D eigenvalue weighted by Gasteiger charge is 2.17. The molecule has 1 aromatic rings. The van der Waals surface area contributed by atoms with Crippen LogP contribution in [-0.2, 0) is 0 Å². The highest BCUT2D eigenvalue weighted by Crippen LogP contribution is 2.34. The van der Waals surface area contributed by atoms with Gasteiger partial charge in [-0.25, -0.2) is 9.37 Å². The van der Waals surface area contributed by atoms with E-state index in [1.165, 1.54) is 44.4 Å². The molecule has 1 nitrogen and oxygen atoms in total. The van der Waals surface area contributed by atoms with Crippen molar-refractivity contribution in [3.05, 3.63) is 23.1 Å². The summed E-state index contributed by atoms with van der Waals surface area (Å²) in [5.74, 6) is -0.293. The number of hydrogen-bond acceptors (Lipinski definition) is 2. The second-order valence-electron chi connectivity index (χ2n) is 3.82. The SMILES string of the molecule is Fc1cc(Cl)cnc1SC1CCCCC1. The van der Waals surface area contributed by atoms with Crippen LogP contribution in [0.4, 0.5) is 4.39 Å². The summed E-state index contributed by atoms with van der Waals surface area (Å²) >= 11 is 7.20. The Balaban J connectivity index is 2.03. The van der Waals surface area contributed by atoms with Crippen LogP contribution in [0.5, 0.6) is 0 Å². The minimum Gasteiger partial charge on any atom is -0.245 e. The fourth-order valence-corrected chi connectivity index (χ4v) is 3.14. The first-order valence-corrected chi connectivity index (χ1v) is 6.49. The zero-order valence-corrected chi connectivity index (χ0v) is 9.95. The average Bonchev–Trinajstić information content (AvgIpc) is 2.24. The second-order valence-corrected chi connectivity index (χ2v) is 5.54. The van der Waals surface area contributed by atoms with Crippen molar-refractivity contribution in [2.45, 2.75) is 42.4 Å². The molecule has 15 heavy (non-hydrogen) atoms. The monoisotopic (exact) mass is 245 g/mol. The van der Waals surface area contributed by atoms with E-state index in [0.717, 1.165) is 0 Å². The van der Waals surface area contributed by atoms with Crippen molar-refractivity contribution in [3.63, 3.8) is 0 Å². The molecular weight excluding hydrogens is 233 g/mol. The van der Waals surface area contributed by atoms with Gasteiger partial charge in [-0.05, 0) is 18.9 Å². The summed E-state index contributed by atoms with van der Waals surface area (Å²) in [5.41, 5.74) is 0. The number of nitrogens with zero attached hydrogens (tertiary/aromatic N) is 1. The lowest BCUT2D eigenvalue weighted by molar-refractivity contribution is 0.513. The number of halogens is 2. The summed E-state index contributed by atoms with van der Waals surface area (Å²) < 4.78 is 13.4. The van der Waals surface area contributed by atoms with Crippen LogP contribution in [0.3, 0.4) is 0 Å². The van der Waals surface area contributed by atoms with Crippen LogP contribution < -0.4 is 0 Å². The van der Waals surface area contributed by atoms with Gasteiger partial charge in [-0.3, -0.25) is 0 Å². The minimum atomic E-state index is -0.293. The van der Waals surface area contributed by atoms with E-state index in [9.17, 15) is 4.39 Å². The summed E-state index contributed by atoms with van der Waals surface area (Å²) in [6.45, 7) is 0. The van der Waals surface area contributed by atoms with E-state index >= 15 is 0 Å². The van der Waals surface area contributed by atoms with Gasteiger partial charge in [0.1, 0.15) is 5.03 Å². The Labute approximate surface area is 98.4 Å². The van der Waals surface area contributed by atoms with Crippen molar-refractivity contribution in [1.82, 2.24) is 4.98 Å². The molecule has 1 heterocycles. The van der Waals surface area contributed by atoms with Crippen LogP contribution >= 0.6 is 23.4 Å². The first-order chi connectivity index (χ1) is 7.25. The second kappa shape index (κ2) is 5.17. The van der Waals surface area contributed by atoms with Crippen molar-refractivity contribution < 1.29 is 4.39 Å². The van der Waals surface area contributed by atoms with Crippen LogP contribution in [-0.4, -0.2) is 10.2 Å². The Morgan fingerprint density at radius 2 is 2.07 bits per heavy atom. The molecule has 0 bridgehead atoms. The minimum absolute atomic E-state index is 0.293. The van der Waals surface area contributed by atoms with Gasteiger partial charge in [0, 0.05) is 11.4 Å². The van der Waals surface area contributed by atoms with Gasteiger partial charge in [-0.15, -0.1) is 11.8 Å². The summed E-state index contributed by atoms with van der Waals surface area (Å²) in [6, 6.07) is 1.33. The predicted molar refractivity (Wildman–Crippen MR) is 61.9 cm³/mol. The van der Waals surface area contributed by atoms with Gasteiger partial charge in [0.05, 0.1) is 5.02 Å². The lowest BCUT2D eigenvalue weighted by Gasteiger charge is -2.20. The molecule has 82 valence electrons. The van der Waals surface area contributed by atoms with Crippen molar-refractivity contribution in [2.24, 2.45) is 0 Å². The molecule has 0 aliphatic heterocycles. The third-order valence-electron chi connectivity index (χ3n) is 2.60. The third-order valence-corrected chi connectivity index (χ3v) is 4.14. The number of hydrogen-bond donors (Lipinski definition) is 0. The van der Waals surface area contributed by atoms with Crippen LogP contribution in [0, 0.1) is 5.82 Å². The van der Waals surface area contributed by atoms with Gasteiger partial charge in [-0.2, -0.15) is 0 Å². The van der Waals surface area contributed by atoms with Gasteiger partial charge in [-0.1, -0.05) is 30.9 Å².